The first kappa shape index (κ1) is 21.6. The summed E-state index contributed by atoms with van der Waals surface area (Å²) in [5, 5.41) is 2.45. The molecule has 0 aliphatic rings. The molecule has 0 N–H and O–H groups in total. The van der Waals surface area contributed by atoms with Crippen molar-refractivity contribution in [3.8, 4) is 11.4 Å². The van der Waals surface area contributed by atoms with Gasteiger partial charge in [-0.3, -0.25) is 4.79 Å². The van der Waals surface area contributed by atoms with Crippen LogP contribution in [0, 0.1) is 6.92 Å². The van der Waals surface area contributed by atoms with Gasteiger partial charge in [0, 0.05) is 34.0 Å². The van der Waals surface area contributed by atoms with E-state index in [0.717, 1.165) is 40.5 Å². The number of unbranched alkanes of at least 4 members (excludes halogenated alkanes) is 1. The van der Waals surface area contributed by atoms with Crippen LogP contribution in [-0.2, 0) is 9.53 Å². The lowest BCUT2D eigenvalue weighted by Gasteiger charge is -2.13. The van der Waals surface area contributed by atoms with Gasteiger partial charge in [-0.1, -0.05) is 55.8 Å². The van der Waals surface area contributed by atoms with Crippen LogP contribution < -0.4 is 4.74 Å². The van der Waals surface area contributed by atoms with Crippen molar-refractivity contribution in [3.63, 3.8) is 0 Å². The molecule has 3 aromatic carbocycles. The summed E-state index contributed by atoms with van der Waals surface area (Å²) < 4.78 is 13.3. The minimum Gasteiger partial charge on any atom is -0.462 e. The fourth-order valence-corrected chi connectivity index (χ4v) is 4.17. The van der Waals surface area contributed by atoms with Gasteiger partial charge in [0.05, 0.1) is 17.7 Å². The van der Waals surface area contributed by atoms with Crippen LogP contribution >= 0.6 is 0 Å². The second-order valence-corrected chi connectivity index (χ2v) is 7.75. The van der Waals surface area contributed by atoms with Gasteiger partial charge in [0.15, 0.2) is 0 Å². The van der Waals surface area contributed by atoms with Gasteiger partial charge in [-0.05, 0) is 38.5 Å². The Kier molecular flexibility index (Phi) is 6.26. The number of benzene rings is 3. The average molecular weight is 430 g/mol. The van der Waals surface area contributed by atoms with E-state index in [9.17, 15) is 9.59 Å². The minimum absolute atomic E-state index is 0.270. The monoisotopic (exact) mass is 429 g/mol. The van der Waals surface area contributed by atoms with Crippen LogP contribution in [0.25, 0.3) is 27.4 Å². The molecule has 0 atom stereocenters. The number of aromatic nitrogens is 1. The number of nitrogens with zero attached hydrogens (tertiary/aromatic N) is 1. The topological polar surface area (TPSA) is 57.5 Å². The number of fused-ring (bicyclic) bond motifs is 3. The molecule has 1 heterocycles. The first-order chi connectivity index (χ1) is 15.6. The Bertz CT molecular complexity index is 1290. The Hall–Kier alpha value is -3.60. The summed E-state index contributed by atoms with van der Waals surface area (Å²) in [6.45, 7) is 6.03. The van der Waals surface area contributed by atoms with E-state index in [0.29, 0.717) is 23.1 Å². The molecule has 0 fully saturated rings. The fraction of sp³-hybridized carbons (Fsp3) is 0.259. The van der Waals surface area contributed by atoms with Gasteiger partial charge in [-0.25, -0.2) is 4.79 Å². The summed E-state index contributed by atoms with van der Waals surface area (Å²) in [6.07, 6.45) is 2.05. The van der Waals surface area contributed by atoms with Crippen molar-refractivity contribution < 1.29 is 19.1 Å². The first-order valence-corrected chi connectivity index (χ1v) is 11.1. The highest BCUT2D eigenvalue weighted by atomic mass is 16.5. The van der Waals surface area contributed by atoms with Crippen molar-refractivity contribution in [2.45, 2.75) is 40.0 Å². The van der Waals surface area contributed by atoms with E-state index in [2.05, 4.69) is 4.57 Å². The lowest BCUT2D eigenvalue weighted by Crippen LogP contribution is -2.08. The first-order valence-electron chi connectivity index (χ1n) is 11.1. The zero-order chi connectivity index (χ0) is 22.7. The third-order valence-electron chi connectivity index (χ3n) is 5.62. The van der Waals surface area contributed by atoms with E-state index >= 15 is 0 Å². The lowest BCUT2D eigenvalue weighted by atomic mass is 10.0. The highest BCUT2D eigenvalue weighted by Crippen LogP contribution is 2.39. The third-order valence-corrected chi connectivity index (χ3v) is 5.62. The molecule has 0 amide bonds. The van der Waals surface area contributed by atoms with Gasteiger partial charge in [0.1, 0.15) is 5.75 Å². The molecule has 0 aliphatic heterocycles. The van der Waals surface area contributed by atoms with Crippen molar-refractivity contribution in [3.05, 3.63) is 71.9 Å². The molecule has 164 valence electrons. The van der Waals surface area contributed by atoms with Gasteiger partial charge in [-0.15, -0.1) is 0 Å². The quantitative estimate of drug-likeness (QED) is 0.253. The highest BCUT2D eigenvalue weighted by Gasteiger charge is 2.25. The van der Waals surface area contributed by atoms with E-state index in [1.54, 1.807) is 13.0 Å². The zero-order valence-corrected chi connectivity index (χ0v) is 18.7. The van der Waals surface area contributed by atoms with E-state index in [4.69, 9.17) is 9.47 Å². The van der Waals surface area contributed by atoms with Crippen molar-refractivity contribution >= 4 is 33.6 Å². The maximum absolute atomic E-state index is 13.0. The van der Waals surface area contributed by atoms with Crippen LogP contribution in [0.4, 0.5) is 0 Å². The van der Waals surface area contributed by atoms with E-state index in [1.807, 2.05) is 68.4 Å². The molecule has 5 heteroatoms. The van der Waals surface area contributed by atoms with Gasteiger partial charge < -0.3 is 14.0 Å². The van der Waals surface area contributed by atoms with E-state index in [1.165, 1.54) is 0 Å². The number of hydrogen-bond acceptors (Lipinski definition) is 4. The van der Waals surface area contributed by atoms with Crippen LogP contribution in [0.5, 0.6) is 5.75 Å². The van der Waals surface area contributed by atoms with Crippen molar-refractivity contribution in [2.24, 2.45) is 0 Å². The zero-order valence-electron chi connectivity index (χ0n) is 18.7. The fourth-order valence-electron chi connectivity index (χ4n) is 4.17. The maximum atomic E-state index is 13.0. The Labute approximate surface area is 187 Å². The molecule has 0 unspecified atom stereocenters. The number of rotatable bonds is 7. The number of ether oxygens (including phenoxy) is 2. The van der Waals surface area contributed by atoms with Gasteiger partial charge in [0.2, 0.25) is 0 Å². The predicted molar refractivity (Wildman–Crippen MR) is 127 cm³/mol. The molecule has 5 nitrogen and oxygen atoms in total. The van der Waals surface area contributed by atoms with Crippen LogP contribution in [0.2, 0.25) is 0 Å². The molecule has 0 spiro atoms. The number of carbonyl (C=O) groups is 2. The molecule has 0 aliphatic carbocycles. The van der Waals surface area contributed by atoms with Crippen LogP contribution in [0.1, 0.15) is 49.2 Å². The van der Waals surface area contributed by atoms with Crippen LogP contribution in [0.3, 0.4) is 0 Å². The van der Waals surface area contributed by atoms with Crippen LogP contribution in [0.15, 0.2) is 60.7 Å². The molecule has 4 rings (SSSR count). The molecule has 0 saturated carbocycles. The second kappa shape index (κ2) is 9.27. The number of para-hydroxylation sites is 1. The normalized spacial score (nSPS) is 11.1. The molecule has 4 aromatic rings. The number of carbonyl (C=O) groups excluding carboxylic acids is 2. The Balaban J connectivity index is 2.04. The minimum atomic E-state index is -0.386. The maximum Gasteiger partial charge on any atom is 0.340 e. The Morgan fingerprint density at radius 2 is 1.59 bits per heavy atom. The molecular weight excluding hydrogens is 402 g/mol. The SMILES string of the molecule is CCCCC(=O)Oc1cc2c(C(=O)OCC)c(C)n(-c3ccccc3)c2c2ccccc12. The predicted octanol–water partition coefficient (Wildman–Crippen LogP) is 6.36. The standard InChI is InChI=1S/C27H27NO4/c1-4-6-16-24(29)32-23-17-22-25(27(30)31-5-2)18(3)28(19-12-8-7-9-13-19)26(22)21-15-11-10-14-20(21)23/h7-15,17H,4-6,16H2,1-3H3. The van der Waals surface area contributed by atoms with E-state index in [-0.39, 0.29) is 18.5 Å². The van der Waals surface area contributed by atoms with Gasteiger partial charge >= 0.3 is 11.9 Å². The van der Waals surface area contributed by atoms with Crippen molar-refractivity contribution in [2.75, 3.05) is 6.61 Å². The molecule has 32 heavy (non-hydrogen) atoms. The lowest BCUT2D eigenvalue weighted by molar-refractivity contribution is -0.134. The molecule has 0 saturated heterocycles. The summed E-state index contributed by atoms with van der Waals surface area (Å²) in [5.74, 6) is -0.193. The second-order valence-electron chi connectivity index (χ2n) is 7.75. The highest BCUT2D eigenvalue weighted by molar-refractivity contribution is 6.17. The van der Waals surface area contributed by atoms with E-state index < -0.39 is 0 Å². The van der Waals surface area contributed by atoms with Crippen LogP contribution in [-0.4, -0.2) is 23.1 Å². The summed E-state index contributed by atoms with van der Waals surface area (Å²) in [7, 11) is 0. The molecular formula is C27H27NO4. The number of esters is 2. The average Bonchev–Trinajstić information content (AvgIpc) is 3.10. The summed E-state index contributed by atoms with van der Waals surface area (Å²) >= 11 is 0. The smallest absolute Gasteiger partial charge is 0.340 e. The molecule has 0 bridgehead atoms. The van der Waals surface area contributed by atoms with Crippen molar-refractivity contribution in [1.82, 2.24) is 4.57 Å². The van der Waals surface area contributed by atoms with Gasteiger partial charge in [-0.2, -0.15) is 0 Å². The summed E-state index contributed by atoms with van der Waals surface area (Å²) in [5.41, 5.74) is 3.11. The Morgan fingerprint density at radius 1 is 0.906 bits per heavy atom. The molecule has 0 radical (unpaired) electrons. The number of hydrogen-bond donors (Lipinski definition) is 0. The third kappa shape index (κ3) is 3.86. The largest absolute Gasteiger partial charge is 0.462 e. The van der Waals surface area contributed by atoms with Gasteiger partial charge in [0.25, 0.3) is 0 Å². The van der Waals surface area contributed by atoms with Crippen molar-refractivity contribution in [1.29, 1.82) is 0 Å². The molecule has 1 aromatic heterocycles. The summed E-state index contributed by atoms with van der Waals surface area (Å²) in [6, 6.07) is 19.5. The summed E-state index contributed by atoms with van der Waals surface area (Å²) in [4.78, 5) is 25.4. The Morgan fingerprint density at radius 3 is 2.28 bits per heavy atom.